The van der Waals surface area contributed by atoms with Crippen LogP contribution in [0.4, 0.5) is 0 Å². The Kier molecular flexibility index (Phi) is 5.92. The summed E-state index contributed by atoms with van der Waals surface area (Å²) >= 11 is 5.92. The van der Waals surface area contributed by atoms with Crippen molar-refractivity contribution in [2.45, 2.75) is 6.04 Å². The summed E-state index contributed by atoms with van der Waals surface area (Å²) in [5.41, 5.74) is 6.16. The lowest BCUT2D eigenvalue weighted by atomic mass is 10.1. The maximum Gasteiger partial charge on any atom is 0.253 e. The summed E-state index contributed by atoms with van der Waals surface area (Å²) in [7, 11) is 0. The predicted octanol–water partition coefficient (Wildman–Crippen LogP) is 1.41. The molecule has 7 heteroatoms. The molecule has 2 aromatic carbocycles. The van der Waals surface area contributed by atoms with Crippen molar-refractivity contribution in [3.8, 4) is 0 Å². The van der Waals surface area contributed by atoms with E-state index in [0.717, 1.165) is 0 Å². The number of carbonyl (C=O) groups is 3. The number of nitrogens with one attached hydrogen (secondary N) is 2. The van der Waals surface area contributed by atoms with Crippen molar-refractivity contribution in [3.63, 3.8) is 0 Å². The third kappa shape index (κ3) is 4.57. The van der Waals surface area contributed by atoms with Crippen LogP contribution < -0.4 is 16.4 Å². The van der Waals surface area contributed by atoms with Gasteiger partial charge in [0.25, 0.3) is 5.91 Å². The van der Waals surface area contributed by atoms with Gasteiger partial charge in [0.05, 0.1) is 17.1 Å². The maximum atomic E-state index is 12.0. The molecule has 124 valence electrons. The van der Waals surface area contributed by atoms with E-state index >= 15 is 0 Å². The highest BCUT2D eigenvalue weighted by atomic mass is 35.5. The molecule has 0 aliphatic carbocycles. The second-order valence-corrected chi connectivity index (χ2v) is 5.38. The average molecular weight is 346 g/mol. The highest BCUT2D eigenvalue weighted by Gasteiger charge is 2.20. The summed E-state index contributed by atoms with van der Waals surface area (Å²) < 4.78 is 0. The second kappa shape index (κ2) is 8.12. The van der Waals surface area contributed by atoms with Gasteiger partial charge in [-0.25, -0.2) is 0 Å². The zero-order chi connectivity index (χ0) is 17.5. The van der Waals surface area contributed by atoms with Crippen LogP contribution >= 0.6 is 11.6 Å². The molecule has 1 unspecified atom stereocenters. The minimum Gasteiger partial charge on any atom is -0.368 e. The van der Waals surface area contributed by atoms with Gasteiger partial charge in [0.15, 0.2) is 0 Å². The Morgan fingerprint density at radius 1 is 1.00 bits per heavy atom. The summed E-state index contributed by atoms with van der Waals surface area (Å²) in [6.45, 7) is -0.305. The molecule has 0 aliphatic heterocycles. The molecule has 0 saturated heterocycles. The third-order valence-electron chi connectivity index (χ3n) is 3.25. The minimum atomic E-state index is -0.962. The second-order valence-electron chi connectivity index (χ2n) is 4.98. The van der Waals surface area contributed by atoms with Gasteiger partial charge in [-0.2, -0.15) is 0 Å². The lowest BCUT2D eigenvalue weighted by molar-refractivity contribution is -0.126. The number of carbonyl (C=O) groups excluding carboxylic acids is 3. The molecule has 2 rings (SSSR count). The molecule has 0 fully saturated rings. The highest BCUT2D eigenvalue weighted by molar-refractivity contribution is 6.33. The van der Waals surface area contributed by atoms with E-state index in [-0.39, 0.29) is 17.1 Å². The summed E-state index contributed by atoms with van der Waals surface area (Å²) in [6.07, 6.45) is 0. The van der Waals surface area contributed by atoms with Crippen LogP contribution in [0.15, 0.2) is 54.6 Å². The van der Waals surface area contributed by atoms with Crippen LogP contribution in [0.5, 0.6) is 0 Å². The zero-order valence-corrected chi connectivity index (χ0v) is 13.4. The van der Waals surface area contributed by atoms with E-state index in [4.69, 9.17) is 17.3 Å². The van der Waals surface area contributed by atoms with Gasteiger partial charge < -0.3 is 16.4 Å². The summed E-state index contributed by atoms with van der Waals surface area (Å²) in [4.78, 5) is 35.5. The first kappa shape index (κ1) is 17.5. The Bertz CT molecular complexity index is 750. The van der Waals surface area contributed by atoms with Gasteiger partial charge in [-0.05, 0) is 17.7 Å². The van der Waals surface area contributed by atoms with Crippen LogP contribution in [0.3, 0.4) is 0 Å². The minimum absolute atomic E-state index is 0.265. The molecule has 2 aromatic rings. The number of amides is 3. The third-order valence-corrected chi connectivity index (χ3v) is 3.58. The normalized spacial score (nSPS) is 11.4. The number of benzene rings is 2. The van der Waals surface area contributed by atoms with Gasteiger partial charge in [0.2, 0.25) is 11.8 Å². The SMILES string of the molecule is NC(=O)C(NC(=O)CNC(=O)c1ccccc1Cl)c1ccccc1. The molecule has 0 heterocycles. The first-order valence-corrected chi connectivity index (χ1v) is 7.53. The predicted molar refractivity (Wildman–Crippen MR) is 90.3 cm³/mol. The topological polar surface area (TPSA) is 101 Å². The van der Waals surface area contributed by atoms with Crippen molar-refractivity contribution < 1.29 is 14.4 Å². The van der Waals surface area contributed by atoms with E-state index in [0.29, 0.717) is 5.56 Å². The van der Waals surface area contributed by atoms with Crippen LogP contribution in [0.1, 0.15) is 22.0 Å². The maximum absolute atomic E-state index is 12.0. The molecule has 0 spiro atoms. The molecule has 1 atom stereocenters. The van der Waals surface area contributed by atoms with Crippen LogP contribution in [-0.4, -0.2) is 24.3 Å². The molecular formula is C17H16ClN3O3. The van der Waals surface area contributed by atoms with Crippen molar-refractivity contribution in [2.75, 3.05) is 6.54 Å². The van der Waals surface area contributed by atoms with Crippen LogP contribution in [0.25, 0.3) is 0 Å². The Morgan fingerprint density at radius 2 is 1.62 bits per heavy atom. The molecule has 0 aromatic heterocycles. The molecule has 4 N–H and O–H groups in total. The number of hydrogen-bond acceptors (Lipinski definition) is 3. The smallest absolute Gasteiger partial charge is 0.253 e. The van der Waals surface area contributed by atoms with E-state index in [2.05, 4.69) is 10.6 Å². The van der Waals surface area contributed by atoms with Crippen LogP contribution in [-0.2, 0) is 9.59 Å². The molecule has 0 bridgehead atoms. The van der Waals surface area contributed by atoms with Crippen LogP contribution in [0, 0.1) is 0 Å². The van der Waals surface area contributed by atoms with E-state index in [1.807, 2.05) is 0 Å². The van der Waals surface area contributed by atoms with Crippen molar-refractivity contribution in [3.05, 3.63) is 70.7 Å². The van der Waals surface area contributed by atoms with Crippen molar-refractivity contribution >= 4 is 29.3 Å². The van der Waals surface area contributed by atoms with E-state index in [1.165, 1.54) is 0 Å². The molecule has 0 radical (unpaired) electrons. The van der Waals surface area contributed by atoms with E-state index in [1.54, 1.807) is 54.6 Å². The highest BCUT2D eigenvalue weighted by Crippen LogP contribution is 2.14. The summed E-state index contributed by atoms with van der Waals surface area (Å²) in [6, 6.07) is 14.1. The summed E-state index contributed by atoms with van der Waals surface area (Å²) in [5, 5.41) is 5.23. The molecule has 6 nitrogen and oxygen atoms in total. The fraction of sp³-hybridized carbons (Fsp3) is 0.118. The lowest BCUT2D eigenvalue weighted by Gasteiger charge is -2.16. The van der Waals surface area contributed by atoms with Gasteiger partial charge in [-0.15, -0.1) is 0 Å². The van der Waals surface area contributed by atoms with E-state index < -0.39 is 23.8 Å². The number of halogens is 1. The largest absolute Gasteiger partial charge is 0.368 e. The number of rotatable bonds is 6. The molecule has 0 aliphatic rings. The molecular weight excluding hydrogens is 330 g/mol. The number of hydrogen-bond donors (Lipinski definition) is 3. The van der Waals surface area contributed by atoms with Crippen molar-refractivity contribution in [2.24, 2.45) is 5.73 Å². The van der Waals surface area contributed by atoms with Crippen molar-refractivity contribution in [1.29, 1.82) is 0 Å². The Balaban J connectivity index is 1.96. The van der Waals surface area contributed by atoms with Gasteiger partial charge in [0, 0.05) is 0 Å². The fourth-order valence-electron chi connectivity index (χ4n) is 2.08. The molecule has 24 heavy (non-hydrogen) atoms. The molecule has 0 saturated carbocycles. The number of nitrogens with two attached hydrogens (primary N) is 1. The Hall–Kier alpha value is -2.86. The average Bonchev–Trinajstić information content (AvgIpc) is 2.58. The first-order valence-electron chi connectivity index (χ1n) is 7.15. The first-order chi connectivity index (χ1) is 11.5. The molecule has 3 amide bonds. The Labute approximate surface area is 144 Å². The quantitative estimate of drug-likeness (QED) is 0.737. The number of primary amides is 1. The van der Waals surface area contributed by atoms with Gasteiger partial charge in [-0.1, -0.05) is 54.1 Å². The van der Waals surface area contributed by atoms with Gasteiger partial charge >= 0.3 is 0 Å². The Morgan fingerprint density at radius 3 is 2.25 bits per heavy atom. The van der Waals surface area contributed by atoms with Crippen molar-refractivity contribution in [1.82, 2.24) is 10.6 Å². The van der Waals surface area contributed by atoms with Crippen LogP contribution in [0.2, 0.25) is 5.02 Å². The fourth-order valence-corrected chi connectivity index (χ4v) is 2.30. The van der Waals surface area contributed by atoms with E-state index in [9.17, 15) is 14.4 Å². The van der Waals surface area contributed by atoms with Gasteiger partial charge in [0.1, 0.15) is 6.04 Å². The van der Waals surface area contributed by atoms with Gasteiger partial charge in [-0.3, -0.25) is 14.4 Å². The zero-order valence-electron chi connectivity index (χ0n) is 12.7. The standard InChI is InChI=1S/C17H16ClN3O3/c18-13-9-5-4-8-12(13)17(24)20-10-14(22)21-15(16(19)23)11-6-2-1-3-7-11/h1-9,15H,10H2,(H2,19,23)(H,20,24)(H,21,22). The lowest BCUT2D eigenvalue weighted by Crippen LogP contribution is -2.42. The monoisotopic (exact) mass is 345 g/mol. The summed E-state index contributed by atoms with van der Waals surface area (Å²) in [5.74, 6) is -1.71.